The van der Waals surface area contributed by atoms with Gasteiger partial charge in [-0.2, -0.15) is 0 Å². The van der Waals surface area contributed by atoms with Crippen LogP contribution in [-0.4, -0.2) is 30.4 Å². The molecule has 3 nitrogen and oxygen atoms in total. The van der Waals surface area contributed by atoms with Gasteiger partial charge in [0.2, 0.25) is 5.91 Å². The molecule has 1 aromatic rings. The Morgan fingerprint density at radius 1 is 1.22 bits per heavy atom. The van der Waals surface area contributed by atoms with Crippen LogP contribution < -0.4 is 5.73 Å². The minimum absolute atomic E-state index is 0.131. The Morgan fingerprint density at radius 3 is 2.65 bits per heavy atom. The number of rotatable bonds is 4. The number of nitrogens with zero attached hydrogens (tertiary/aromatic N) is 1. The molecule has 1 saturated heterocycles. The van der Waals surface area contributed by atoms with Gasteiger partial charge in [-0.25, -0.2) is 0 Å². The van der Waals surface area contributed by atoms with Gasteiger partial charge in [0.05, 0.1) is 5.41 Å². The van der Waals surface area contributed by atoms with Crippen LogP contribution in [0, 0.1) is 23.2 Å². The Labute approximate surface area is 139 Å². The van der Waals surface area contributed by atoms with Crippen molar-refractivity contribution in [3.63, 3.8) is 0 Å². The fraction of sp³-hybridized carbons (Fsp3) is 0.650. The Kier molecular flexibility index (Phi) is 3.92. The number of fused-ring (bicyclic) bond motifs is 2. The summed E-state index contributed by atoms with van der Waals surface area (Å²) in [4.78, 5) is 15.7. The second kappa shape index (κ2) is 5.94. The first-order valence-corrected chi connectivity index (χ1v) is 9.24. The number of carbonyl (C=O) groups excluding carboxylic acids is 1. The summed E-state index contributed by atoms with van der Waals surface area (Å²) in [6, 6.07) is 10.6. The molecule has 124 valence electrons. The van der Waals surface area contributed by atoms with Crippen molar-refractivity contribution < 1.29 is 4.79 Å². The zero-order valence-corrected chi connectivity index (χ0v) is 13.9. The fourth-order valence-corrected chi connectivity index (χ4v) is 5.48. The van der Waals surface area contributed by atoms with Crippen LogP contribution in [0.4, 0.5) is 0 Å². The van der Waals surface area contributed by atoms with Gasteiger partial charge >= 0.3 is 0 Å². The number of nitrogens with two attached hydrogens (primary N) is 1. The van der Waals surface area contributed by atoms with Crippen molar-refractivity contribution in [2.45, 2.75) is 38.5 Å². The van der Waals surface area contributed by atoms with Crippen LogP contribution in [-0.2, 0) is 11.2 Å². The van der Waals surface area contributed by atoms with Gasteiger partial charge in [0.15, 0.2) is 0 Å². The van der Waals surface area contributed by atoms with E-state index in [4.69, 9.17) is 5.73 Å². The van der Waals surface area contributed by atoms with Crippen molar-refractivity contribution in [1.82, 2.24) is 4.90 Å². The van der Waals surface area contributed by atoms with Crippen molar-refractivity contribution in [2.75, 3.05) is 19.6 Å². The second-order valence-corrected chi connectivity index (χ2v) is 8.04. The summed E-state index contributed by atoms with van der Waals surface area (Å²) in [5.74, 6) is 2.31. The summed E-state index contributed by atoms with van der Waals surface area (Å²) in [7, 11) is 0. The van der Waals surface area contributed by atoms with E-state index in [0.717, 1.165) is 38.3 Å². The highest BCUT2D eigenvalue weighted by Crippen LogP contribution is 2.58. The van der Waals surface area contributed by atoms with E-state index in [1.54, 1.807) is 0 Å². The van der Waals surface area contributed by atoms with E-state index in [1.807, 2.05) is 0 Å². The molecule has 0 aromatic heterocycles. The van der Waals surface area contributed by atoms with Gasteiger partial charge in [-0.1, -0.05) is 36.8 Å². The molecule has 1 heterocycles. The maximum atomic E-state index is 13.5. The van der Waals surface area contributed by atoms with Crippen LogP contribution in [0.25, 0.3) is 0 Å². The molecule has 1 amide bonds. The SMILES string of the molecule is NCC1CCN(C(=O)C2(Cc3ccccc3)CC3CCC2C3)C1. The standard InChI is InChI=1S/C20H28N2O/c21-13-17-8-9-22(14-17)19(23)20(11-15-4-2-1-3-5-15)12-16-6-7-18(20)10-16/h1-5,16-18H,6-14,21H2. The first kappa shape index (κ1) is 15.2. The molecule has 1 aromatic carbocycles. The highest BCUT2D eigenvalue weighted by molar-refractivity contribution is 5.84. The maximum absolute atomic E-state index is 13.5. The molecule has 3 heteroatoms. The summed E-state index contributed by atoms with van der Waals surface area (Å²) in [5.41, 5.74) is 7.02. The largest absolute Gasteiger partial charge is 0.342 e. The lowest BCUT2D eigenvalue weighted by molar-refractivity contribution is -0.144. The van der Waals surface area contributed by atoms with Crippen LogP contribution in [0.15, 0.2) is 30.3 Å². The summed E-state index contributed by atoms with van der Waals surface area (Å²) < 4.78 is 0. The van der Waals surface area contributed by atoms with E-state index in [2.05, 4.69) is 35.2 Å². The Morgan fingerprint density at radius 2 is 2.04 bits per heavy atom. The third-order valence-electron chi connectivity index (χ3n) is 6.67. The smallest absolute Gasteiger partial charge is 0.229 e. The molecule has 4 atom stereocenters. The van der Waals surface area contributed by atoms with Crippen LogP contribution in [0.1, 0.15) is 37.7 Å². The Balaban J connectivity index is 1.60. The topological polar surface area (TPSA) is 46.3 Å². The molecule has 3 aliphatic rings. The molecule has 1 aliphatic heterocycles. The Bertz CT molecular complexity index is 572. The van der Waals surface area contributed by atoms with Crippen LogP contribution in [0.3, 0.4) is 0 Å². The van der Waals surface area contributed by atoms with Crippen LogP contribution in [0.5, 0.6) is 0 Å². The average Bonchev–Trinajstić information content (AvgIpc) is 3.30. The van der Waals surface area contributed by atoms with Gasteiger partial charge in [-0.05, 0) is 62.0 Å². The lowest BCUT2D eigenvalue weighted by atomic mass is 9.68. The number of hydrogen-bond acceptors (Lipinski definition) is 2. The molecular formula is C20H28N2O. The Hall–Kier alpha value is -1.35. The van der Waals surface area contributed by atoms with Crippen molar-refractivity contribution in [2.24, 2.45) is 28.9 Å². The van der Waals surface area contributed by atoms with E-state index in [9.17, 15) is 4.79 Å². The third-order valence-corrected chi connectivity index (χ3v) is 6.67. The molecule has 4 unspecified atom stereocenters. The van der Waals surface area contributed by atoms with Crippen molar-refractivity contribution in [3.05, 3.63) is 35.9 Å². The molecule has 2 saturated carbocycles. The van der Waals surface area contributed by atoms with Crippen LogP contribution >= 0.6 is 0 Å². The predicted octanol–water partition coefficient (Wildman–Crippen LogP) is 2.84. The van der Waals surface area contributed by atoms with Gasteiger partial charge in [0.1, 0.15) is 0 Å². The minimum Gasteiger partial charge on any atom is -0.342 e. The molecule has 2 N–H and O–H groups in total. The second-order valence-electron chi connectivity index (χ2n) is 8.04. The minimum atomic E-state index is -0.131. The third kappa shape index (κ3) is 2.59. The van der Waals surface area contributed by atoms with Gasteiger partial charge in [-0.3, -0.25) is 4.79 Å². The number of hydrogen-bond donors (Lipinski definition) is 1. The van der Waals surface area contributed by atoms with E-state index >= 15 is 0 Å². The van der Waals surface area contributed by atoms with Crippen molar-refractivity contribution >= 4 is 5.91 Å². The van der Waals surface area contributed by atoms with Crippen molar-refractivity contribution in [3.8, 4) is 0 Å². The molecule has 23 heavy (non-hydrogen) atoms. The lowest BCUT2D eigenvalue weighted by Crippen LogP contribution is -2.47. The van der Waals surface area contributed by atoms with Crippen molar-refractivity contribution in [1.29, 1.82) is 0 Å². The quantitative estimate of drug-likeness (QED) is 0.929. The molecule has 2 bridgehead atoms. The highest BCUT2D eigenvalue weighted by atomic mass is 16.2. The molecule has 3 fully saturated rings. The van der Waals surface area contributed by atoms with E-state index in [1.165, 1.54) is 24.8 Å². The first-order valence-electron chi connectivity index (χ1n) is 9.24. The van der Waals surface area contributed by atoms with E-state index in [0.29, 0.717) is 24.3 Å². The number of carbonyl (C=O) groups is 1. The van der Waals surface area contributed by atoms with Gasteiger partial charge in [-0.15, -0.1) is 0 Å². The van der Waals surface area contributed by atoms with E-state index in [-0.39, 0.29) is 5.41 Å². The molecule has 4 rings (SSSR count). The van der Waals surface area contributed by atoms with Crippen LogP contribution in [0.2, 0.25) is 0 Å². The highest BCUT2D eigenvalue weighted by Gasteiger charge is 2.56. The monoisotopic (exact) mass is 312 g/mol. The van der Waals surface area contributed by atoms with Gasteiger partial charge in [0, 0.05) is 13.1 Å². The lowest BCUT2D eigenvalue weighted by Gasteiger charge is -2.39. The summed E-state index contributed by atoms with van der Waals surface area (Å²) in [6.07, 6.45) is 6.97. The van der Waals surface area contributed by atoms with Gasteiger partial charge < -0.3 is 10.6 Å². The number of amides is 1. The summed E-state index contributed by atoms with van der Waals surface area (Å²) >= 11 is 0. The number of benzene rings is 1. The normalized spacial score (nSPS) is 35.9. The molecular weight excluding hydrogens is 284 g/mol. The zero-order valence-electron chi connectivity index (χ0n) is 13.9. The molecule has 0 radical (unpaired) electrons. The average molecular weight is 312 g/mol. The zero-order chi connectivity index (χ0) is 15.9. The molecule has 2 aliphatic carbocycles. The summed E-state index contributed by atoms with van der Waals surface area (Å²) in [6.45, 7) is 2.50. The fourth-order valence-electron chi connectivity index (χ4n) is 5.48. The summed E-state index contributed by atoms with van der Waals surface area (Å²) in [5, 5.41) is 0. The number of likely N-dealkylation sites (tertiary alicyclic amines) is 1. The maximum Gasteiger partial charge on any atom is 0.229 e. The van der Waals surface area contributed by atoms with Gasteiger partial charge in [0.25, 0.3) is 0 Å². The molecule has 0 spiro atoms. The predicted molar refractivity (Wildman–Crippen MR) is 91.8 cm³/mol. The first-order chi connectivity index (χ1) is 11.2. The van der Waals surface area contributed by atoms with E-state index < -0.39 is 0 Å².